The molecule has 2 rings (SSSR count). The zero-order chi connectivity index (χ0) is 14.5. The molecule has 1 heterocycles. The van der Waals surface area contributed by atoms with Crippen molar-refractivity contribution >= 4 is 27.6 Å². The summed E-state index contributed by atoms with van der Waals surface area (Å²) >= 11 is 3.39. The van der Waals surface area contributed by atoms with Gasteiger partial charge in [0.05, 0.1) is 5.56 Å². The number of halogens is 1. The van der Waals surface area contributed by atoms with Gasteiger partial charge < -0.3 is 10.4 Å². The van der Waals surface area contributed by atoms with Gasteiger partial charge in [0.2, 0.25) is 0 Å². The number of likely N-dealkylation sites (tertiary alicyclic amines) is 1. The van der Waals surface area contributed by atoms with Gasteiger partial charge >= 0.3 is 5.97 Å². The molecule has 1 unspecified atom stereocenters. The van der Waals surface area contributed by atoms with Crippen LogP contribution in [0.2, 0.25) is 0 Å². The van der Waals surface area contributed by atoms with E-state index < -0.39 is 5.97 Å². The SMILES string of the molecule is CC(CNc1cc(Br)ccc1C(=O)O)N1CCCCC1. The number of anilines is 1. The molecule has 110 valence electrons. The highest BCUT2D eigenvalue weighted by atomic mass is 79.9. The zero-order valence-corrected chi connectivity index (χ0v) is 13.3. The molecule has 0 saturated carbocycles. The minimum Gasteiger partial charge on any atom is -0.478 e. The van der Waals surface area contributed by atoms with Gasteiger partial charge in [-0.15, -0.1) is 0 Å². The molecule has 1 saturated heterocycles. The van der Waals surface area contributed by atoms with E-state index in [-0.39, 0.29) is 0 Å². The third kappa shape index (κ3) is 3.96. The normalized spacial score (nSPS) is 17.7. The number of piperidine rings is 1. The Morgan fingerprint density at radius 2 is 2.10 bits per heavy atom. The zero-order valence-electron chi connectivity index (χ0n) is 11.7. The molecule has 0 aliphatic carbocycles. The summed E-state index contributed by atoms with van der Waals surface area (Å²) in [6.07, 6.45) is 3.86. The average molecular weight is 341 g/mol. The van der Waals surface area contributed by atoms with Crippen molar-refractivity contribution in [2.75, 3.05) is 25.0 Å². The van der Waals surface area contributed by atoms with Gasteiger partial charge in [-0.25, -0.2) is 4.79 Å². The summed E-state index contributed by atoms with van der Waals surface area (Å²) in [5.74, 6) is -0.898. The number of benzene rings is 1. The second-order valence-corrected chi connectivity index (χ2v) is 6.24. The molecule has 5 heteroatoms. The molecule has 1 atom stereocenters. The number of nitrogens with one attached hydrogen (secondary N) is 1. The summed E-state index contributed by atoms with van der Waals surface area (Å²) in [7, 11) is 0. The highest BCUT2D eigenvalue weighted by Crippen LogP contribution is 2.22. The number of hydrogen-bond acceptors (Lipinski definition) is 3. The molecule has 2 N–H and O–H groups in total. The molecule has 1 aliphatic rings. The van der Waals surface area contributed by atoms with Gasteiger partial charge in [0, 0.05) is 22.7 Å². The Kier molecular flexibility index (Phi) is 5.43. The first kappa shape index (κ1) is 15.3. The van der Waals surface area contributed by atoms with Crippen LogP contribution in [0.5, 0.6) is 0 Å². The topological polar surface area (TPSA) is 52.6 Å². The number of carboxylic acids is 1. The summed E-state index contributed by atoms with van der Waals surface area (Å²) in [5, 5.41) is 12.5. The van der Waals surface area contributed by atoms with Crippen LogP contribution in [0.1, 0.15) is 36.5 Å². The van der Waals surface area contributed by atoms with Gasteiger partial charge in [0.1, 0.15) is 0 Å². The average Bonchev–Trinajstić information content (AvgIpc) is 2.45. The van der Waals surface area contributed by atoms with E-state index >= 15 is 0 Å². The smallest absolute Gasteiger partial charge is 0.337 e. The van der Waals surface area contributed by atoms with Crippen molar-refractivity contribution in [3.8, 4) is 0 Å². The third-order valence-electron chi connectivity index (χ3n) is 3.81. The molecule has 1 aliphatic heterocycles. The van der Waals surface area contributed by atoms with Gasteiger partial charge in [0.25, 0.3) is 0 Å². The Morgan fingerprint density at radius 1 is 1.40 bits per heavy atom. The maximum absolute atomic E-state index is 11.2. The summed E-state index contributed by atoms with van der Waals surface area (Å²) in [6.45, 7) is 5.24. The van der Waals surface area contributed by atoms with E-state index in [0.29, 0.717) is 17.3 Å². The molecule has 0 radical (unpaired) electrons. The lowest BCUT2D eigenvalue weighted by Gasteiger charge is -2.32. The van der Waals surface area contributed by atoms with Crippen molar-refractivity contribution in [1.29, 1.82) is 0 Å². The first-order valence-electron chi connectivity index (χ1n) is 7.08. The lowest BCUT2D eigenvalue weighted by molar-refractivity contribution is 0.0698. The van der Waals surface area contributed by atoms with Crippen molar-refractivity contribution in [2.45, 2.75) is 32.2 Å². The second kappa shape index (κ2) is 7.09. The Balaban J connectivity index is 1.99. The number of aromatic carboxylic acids is 1. The minimum absolute atomic E-state index is 0.319. The highest BCUT2D eigenvalue weighted by Gasteiger charge is 2.17. The van der Waals surface area contributed by atoms with Crippen LogP contribution in [0.15, 0.2) is 22.7 Å². The van der Waals surface area contributed by atoms with E-state index in [0.717, 1.165) is 24.1 Å². The maximum atomic E-state index is 11.2. The first-order valence-corrected chi connectivity index (χ1v) is 7.88. The van der Waals surface area contributed by atoms with Crippen molar-refractivity contribution < 1.29 is 9.90 Å². The Labute approximate surface area is 128 Å². The molecular formula is C15H21BrN2O2. The van der Waals surface area contributed by atoms with Gasteiger partial charge in [0.15, 0.2) is 0 Å². The molecule has 0 aromatic heterocycles. The van der Waals surface area contributed by atoms with E-state index in [1.165, 1.54) is 19.3 Å². The van der Waals surface area contributed by atoms with Crippen LogP contribution in [0.25, 0.3) is 0 Å². The third-order valence-corrected chi connectivity index (χ3v) is 4.31. The van der Waals surface area contributed by atoms with E-state index in [1.807, 2.05) is 6.07 Å². The van der Waals surface area contributed by atoms with Crippen LogP contribution >= 0.6 is 15.9 Å². The lowest BCUT2D eigenvalue weighted by Crippen LogP contribution is -2.41. The quantitative estimate of drug-likeness (QED) is 0.862. The number of nitrogens with zero attached hydrogens (tertiary/aromatic N) is 1. The van der Waals surface area contributed by atoms with E-state index in [1.54, 1.807) is 12.1 Å². The molecule has 1 fully saturated rings. The van der Waals surface area contributed by atoms with Crippen LogP contribution in [0.4, 0.5) is 5.69 Å². The van der Waals surface area contributed by atoms with Crippen molar-refractivity contribution in [1.82, 2.24) is 4.90 Å². The van der Waals surface area contributed by atoms with Crippen LogP contribution in [-0.4, -0.2) is 41.7 Å². The van der Waals surface area contributed by atoms with Crippen molar-refractivity contribution in [3.63, 3.8) is 0 Å². The molecule has 0 spiro atoms. The molecule has 1 aromatic rings. The number of hydrogen-bond donors (Lipinski definition) is 2. The van der Waals surface area contributed by atoms with Gasteiger partial charge in [-0.2, -0.15) is 0 Å². The summed E-state index contributed by atoms with van der Waals surface area (Å²) in [4.78, 5) is 13.7. The molecule has 0 bridgehead atoms. The fourth-order valence-electron chi connectivity index (χ4n) is 2.60. The molecule has 0 amide bonds. The number of carbonyl (C=O) groups is 1. The van der Waals surface area contributed by atoms with E-state index in [9.17, 15) is 9.90 Å². The largest absolute Gasteiger partial charge is 0.478 e. The Morgan fingerprint density at radius 3 is 2.75 bits per heavy atom. The predicted molar refractivity (Wildman–Crippen MR) is 84.5 cm³/mol. The van der Waals surface area contributed by atoms with Gasteiger partial charge in [-0.1, -0.05) is 22.4 Å². The van der Waals surface area contributed by atoms with Crippen molar-refractivity contribution in [2.24, 2.45) is 0 Å². The van der Waals surface area contributed by atoms with Gasteiger partial charge in [-0.05, 0) is 51.1 Å². The minimum atomic E-state index is -0.898. The monoisotopic (exact) mass is 340 g/mol. The fourth-order valence-corrected chi connectivity index (χ4v) is 2.96. The summed E-state index contributed by atoms with van der Waals surface area (Å²) < 4.78 is 0.885. The Bertz CT molecular complexity index is 473. The lowest BCUT2D eigenvalue weighted by atomic mass is 10.1. The van der Waals surface area contributed by atoms with Gasteiger partial charge in [-0.3, -0.25) is 4.90 Å². The second-order valence-electron chi connectivity index (χ2n) is 5.32. The van der Waals surface area contributed by atoms with Crippen LogP contribution in [0, 0.1) is 0 Å². The van der Waals surface area contributed by atoms with Crippen LogP contribution in [0.3, 0.4) is 0 Å². The molecule has 4 nitrogen and oxygen atoms in total. The summed E-state index contributed by atoms with van der Waals surface area (Å²) in [5.41, 5.74) is 0.995. The summed E-state index contributed by atoms with van der Waals surface area (Å²) in [6, 6.07) is 5.62. The van der Waals surface area contributed by atoms with E-state index in [4.69, 9.17) is 0 Å². The maximum Gasteiger partial charge on any atom is 0.337 e. The molecular weight excluding hydrogens is 320 g/mol. The van der Waals surface area contributed by atoms with E-state index in [2.05, 4.69) is 33.1 Å². The van der Waals surface area contributed by atoms with Crippen LogP contribution < -0.4 is 5.32 Å². The molecule has 20 heavy (non-hydrogen) atoms. The number of carboxylic acid groups (broad SMARTS) is 1. The number of rotatable bonds is 5. The fraction of sp³-hybridized carbons (Fsp3) is 0.533. The van der Waals surface area contributed by atoms with Crippen LogP contribution in [-0.2, 0) is 0 Å². The predicted octanol–water partition coefficient (Wildman–Crippen LogP) is 3.43. The highest BCUT2D eigenvalue weighted by molar-refractivity contribution is 9.10. The standard InChI is InChI=1S/C15H21BrN2O2/c1-11(18-7-3-2-4-8-18)10-17-14-9-12(16)5-6-13(14)15(19)20/h5-6,9,11,17H,2-4,7-8,10H2,1H3,(H,19,20). The Hall–Kier alpha value is -1.07. The molecule has 1 aromatic carbocycles. The first-order chi connectivity index (χ1) is 9.58. The van der Waals surface area contributed by atoms with Crippen molar-refractivity contribution in [3.05, 3.63) is 28.2 Å².